The van der Waals surface area contributed by atoms with E-state index in [0.717, 1.165) is 0 Å². The average Bonchev–Trinajstić information content (AvgIpc) is 2.95. The van der Waals surface area contributed by atoms with Gasteiger partial charge < -0.3 is 20.7 Å². The summed E-state index contributed by atoms with van der Waals surface area (Å²) in [4.78, 5) is 32.9. The summed E-state index contributed by atoms with van der Waals surface area (Å²) < 4.78 is 16.6. The number of carboxylic acid groups (broad SMARTS) is 1. The Kier molecular flexibility index (Phi) is 3.84. The Morgan fingerprint density at radius 1 is 1.43 bits per heavy atom. The van der Waals surface area contributed by atoms with Gasteiger partial charge in [-0.3, -0.25) is 9.78 Å². The van der Waals surface area contributed by atoms with Gasteiger partial charge in [-0.25, -0.2) is 14.2 Å². The first-order valence-electron chi connectivity index (χ1n) is 8.70. The van der Waals surface area contributed by atoms with E-state index in [9.17, 15) is 19.1 Å². The maximum atomic E-state index is 14.9. The maximum Gasteiger partial charge on any atom is 0.341 e. The molecule has 0 fully saturated rings. The number of nitrogens with two attached hydrogens (primary N) is 1. The van der Waals surface area contributed by atoms with E-state index in [0.29, 0.717) is 24.2 Å². The molecule has 9 heteroatoms. The highest BCUT2D eigenvalue weighted by Gasteiger charge is 2.37. The van der Waals surface area contributed by atoms with Crippen molar-refractivity contribution in [3.05, 3.63) is 51.8 Å². The van der Waals surface area contributed by atoms with Gasteiger partial charge >= 0.3 is 5.97 Å². The molecule has 1 aliphatic rings. The smallest absolute Gasteiger partial charge is 0.341 e. The van der Waals surface area contributed by atoms with Crippen molar-refractivity contribution in [3.8, 4) is 0 Å². The summed E-state index contributed by atoms with van der Waals surface area (Å²) in [5, 5.41) is 12.2. The van der Waals surface area contributed by atoms with Crippen LogP contribution in [0.5, 0.6) is 0 Å². The van der Waals surface area contributed by atoms with Crippen molar-refractivity contribution < 1.29 is 14.3 Å². The van der Waals surface area contributed by atoms with Crippen LogP contribution in [-0.4, -0.2) is 25.6 Å². The zero-order valence-corrected chi connectivity index (χ0v) is 15.3. The van der Waals surface area contributed by atoms with Crippen LogP contribution in [0.2, 0.25) is 0 Å². The SMILES string of the molecule is CC1(C)CCc2c(C(=O)O)c(=O)c3c(N)c(F)c(Nc4cccnc4)nc3n21. The van der Waals surface area contributed by atoms with Gasteiger partial charge in [0, 0.05) is 17.4 Å². The second kappa shape index (κ2) is 6.01. The summed E-state index contributed by atoms with van der Waals surface area (Å²) in [6.07, 6.45) is 4.10. The highest BCUT2D eigenvalue weighted by molar-refractivity contribution is 5.98. The number of aromatic nitrogens is 3. The molecule has 0 saturated carbocycles. The van der Waals surface area contributed by atoms with Gasteiger partial charge in [-0.15, -0.1) is 0 Å². The molecule has 144 valence electrons. The van der Waals surface area contributed by atoms with E-state index in [1.54, 1.807) is 22.9 Å². The van der Waals surface area contributed by atoms with E-state index in [1.165, 1.54) is 6.20 Å². The van der Waals surface area contributed by atoms with E-state index >= 15 is 0 Å². The fourth-order valence-corrected chi connectivity index (χ4v) is 3.75. The van der Waals surface area contributed by atoms with Gasteiger partial charge in [-0.05, 0) is 38.8 Å². The normalized spacial score (nSPS) is 14.8. The van der Waals surface area contributed by atoms with E-state index < -0.39 is 28.4 Å². The molecule has 8 nitrogen and oxygen atoms in total. The van der Waals surface area contributed by atoms with E-state index in [2.05, 4.69) is 15.3 Å². The van der Waals surface area contributed by atoms with Gasteiger partial charge in [0.05, 0.1) is 23.0 Å². The minimum atomic E-state index is -1.36. The lowest BCUT2D eigenvalue weighted by atomic mass is 10.0. The van der Waals surface area contributed by atoms with Crippen LogP contribution in [0.4, 0.5) is 21.6 Å². The Balaban J connectivity index is 2.09. The summed E-state index contributed by atoms with van der Waals surface area (Å²) >= 11 is 0. The number of fused-ring (bicyclic) bond motifs is 3. The number of pyridine rings is 3. The van der Waals surface area contributed by atoms with Gasteiger partial charge in [0.2, 0.25) is 5.43 Å². The number of hydrogen-bond donors (Lipinski definition) is 3. The van der Waals surface area contributed by atoms with E-state index in [1.807, 2.05) is 13.8 Å². The molecular weight excluding hydrogens is 365 g/mol. The lowest BCUT2D eigenvalue weighted by Crippen LogP contribution is -2.29. The van der Waals surface area contributed by atoms with Gasteiger partial charge in [-0.1, -0.05) is 0 Å². The molecule has 4 rings (SSSR count). The number of carbonyl (C=O) groups is 1. The molecule has 0 spiro atoms. The summed E-state index contributed by atoms with van der Waals surface area (Å²) in [5.41, 5.74) is 4.86. The molecule has 0 amide bonds. The molecule has 0 saturated heterocycles. The lowest BCUT2D eigenvalue weighted by Gasteiger charge is -2.25. The average molecular weight is 383 g/mol. The second-order valence-electron chi connectivity index (χ2n) is 7.36. The quantitative estimate of drug-likeness (QED) is 0.635. The van der Waals surface area contributed by atoms with Crippen molar-refractivity contribution in [2.24, 2.45) is 0 Å². The molecule has 0 aromatic carbocycles. The monoisotopic (exact) mass is 383 g/mol. The summed E-state index contributed by atoms with van der Waals surface area (Å²) in [6, 6.07) is 3.36. The predicted octanol–water partition coefficient (Wildman–Crippen LogP) is 2.64. The van der Waals surface area contributed by atoms with E-state index in [-0.39, 0.29) is 22.4 Å². The molecule has 0 radical (unpaired) electrons. The third-order valence-corrected chi connectivity index (χ3v) is 5.10. The number of nitrogen functional groups attached to an aromatic ring is 1. The number of hydrogen-bond acceptors (Lipinski definition) is 6. The van der Waals surface area contributed by atoms with Crippen LogP contribution >= 0.6 is 0 Å². The molecule has 3 aromatic rings. The molecule has 28 heavy (non-hydrogen) atoms. The molecule has 3 aromatic heterocycles. The number of halogens is 1. The van der Waals surface area contributed by atoms with Gasteiger partial charge in [0.25, 0.3) is 0 Å². The fraction of sp³-hybridized carbons (Fsp3) is 0.263. The predicted molar refractivity (Wildman–Crippen MR) is 102 cm³/mol. The third kappa shape index (κ3) is 2.50. The molecule has 0 unspecified atom stereocenters. The lowest BCUT2D eigenvalue weighted by molar-refractivity contribution is 0.0693. The van der Waals surface area contributed by atoms with Crippen LogP contribution < -0.4 is 16.5 Å². The molecule has 0 aliphatic carbocycles. The van der Waals surface area contributed by atoms with Crippen LogP contribution in [0.3, 0.4) is 0 Å². The second-order valence-corrected chi connectivity index (χ2v) is 7.36. The van der Waals surface area contributed by atoms with Crippen molar-refractivity contribution in [2.45, 2.75) is 32.2 Å². The van der Waals surface area contributed by atoms with Crippen molar-refractivity contribution in [2.75, 3.05) is 11.1 Å². The van der Waals surface area contributed by atoms with Crippen molar-refractivity contribution in [3.63, 3.8) is 0 Å². The zero-order chi connectivity index (χ0) is 20.2. The number of rotatable bonds is 3. The molecule has 0 bridgehead atoms. The Bertz CT molecular complexity index is 1190. The standard InChI is InChI=1S/C19H18FN5O3/c1-19(2)6-5-10-11(18(27)28)15(26)12-14(21)13(20)16(24-17(12)25(10)19)23-9-4-3-7-22-8-9/h3-4,7-8H,5-6H2,1-2H3,(H,27,28)(H3,21,23,24). The Morgan fingerprint density at radius 3 is 2.82 bits per heavy atom. The van der Waals surface area contributed by atoms with Gasteiger partial charge in [0.15, 0.2) is 11.6 Å². The molecule has 1 aliphatic heterocycles. The largest absolute Gasteiger partial charge is 0.477 e. The van der Waals surface area contributed by atoms with Crippen LogP contribution in [-0.2, 0) is 12.0 Å². The number of aromatic carboxylic acids is 1. The Labute approximate surface area is 158 Å². The van der Waals surface area contributed by atoms with Gasteiger partial charge in [0.1, 0.15) is 11.2 Å². The van der Waals surface area contributed by atoms with Crippen molar-refractivity contribution in [1.82, 2.24) is 14.5 Å². The molecule has 4 heterocycles. The third-order valence-electron chi connectivity index (χ3n) is 5.10. The Hall–Kier alpha value is -3.49. The van der Waals surface area contributed by atoms with Crippen LogP contribution in [0, 0.1) is 5.82 Å². The topological polar surface area (TPSA) is 123 Å². The fourth-order valence-electron chi connectivity index (χ4n) is 3.75. The first kappa shape index (κ1) is 17.9. The zero-order valence-electron chi connectivity index (χ0n) is 15.3. The summed E-state index contributed by atoms with van der Waals surface area (Å²) in [7, 11) is 0. The minimum absolute atomic E-state index is 0.155. The highest BCUT2D eigenvalue weighted by Crippen LogP contribution is 2.38. The van der Waals surface area contributed by atoms with Gasteiger partial charge in [-0.2, -0.15) is 0 Å². The molecular formula is C19H18FN5O3. The van der Waals surface area contributed by atoms with Crippen LogP contribution in [0.15, 0.2) is 29.3 Å². The minimum Gasteiger partial charge on any atom is -0.477 e. The summed E-state index contributed by atoms with van der Waals surface area (Å²) in [6.45, 7) is 3.82. The van der Waals surface area contributed by atoms with Crippen molar-refractivity contribution >= 4 is 34.2 Å². The Morgan fingerprint density at radius 2 is 2.18 bits per heavy atom. The first-order valence-corrected chi connectivity index (χ1v) is 8.70. The number of nitrogens with one attached hydrogen (secondary N) is 1. The number of carboxylic acids is 1. The highest BCUT2D eigenvalue weighted by atomic mass is 19.1. The molecule has 4 N–H and O–H groups in total. The van der Waals surface area contributed by atoms with Crippen LogP contribution in [0.1, 0.15) is 36.3 Å². The first-order chi connectivity index (χ1) is 13.2. The summed E-state index contributed by atoms with van der Waals surface area (Å²) in [5.74, 6) is -2.43. The maximum absolute atomic E-state index is 14.9. The van der Waals surface area contributed by atoms with Crippen molar-refractivity contribution in [1.29, 1.82) is 0 Å². The number of anilines is 3. The molecule has 0 atom stereocenters. The number of nitrogens with zero attached hydrogens (tertiary/aromatic N) is 3. The van der Waals surface area contributed by atoms with Crippen LogP contribution in [0.25, 0.3) is 11.0 Å². The van der Waals surface area contributed by atoms with E-state index in [4.69, 9.17) is 5.73 Å².